The lowest BCUT2D eigenvalue weighted by molar-refractivity contribution is 0.417. The van der Waals surface area contributed by atoms with Crippen LogP contribution in [0.2, 0.25) is 0 Å². The molecule has 0 radical (unpaired) electrons. The van der Waals surface area contributed by atoms with Gasteiger partial charge in [0.05, 0.1) is 19.1 Å². The van der Waals surface area contributed by atoms with Crippen LogP contribution in [0.3, 0.4) is 0 Å². The Labute approximate surface area is 163 Å². The van der Waals surface area contributed by atoms with Gasteiger partial charge in [-0.15, -0.1) is 11.3 Å². The fourth-order valence-corrected chi connectivity index (χ4v) is 3.74. The highest BCUT2D eigenvalue weighted by atomic mass is 32.1. The summed E-state index contributed by atoms with van der Waals surface area (Å²) in [6.07, 6.45) is 5.38. The summed E-state index contributed by atoms with van der Waals surface area (Å²) in [4.78, 5) is 11.3. The molecule has 4 aromatic rings. The van der Waals surface area contributed by atoms with Crippen LogP contribution in [0.4, 0.5) is 0 Å². The molecule has 4 nitrogen and oxygen atoms in total. The normalized spacial score (nSPS) is 10.9. The van der Waals surface area contributed by atoms with Crippen LogP contribution in [-0.2, 0) is 6.54 Å². The molecule has 0 saturated heterocycles. The minimum Gasteiger partial charge on any atom is -0.421 e. The Morgan fingerprint density at radius 2 is 1.81 bits per heavy atom. The van der Waals surface area contributed by atoms with Crippen molar-refractivity contribution in [1.82, 2.24) is 14.5 Å². The Kier molecular flexibility index (Phi) is 4.77. The fourth-order valence-electron chi connectivity index (χ4n) is 2.90. The van der Waals surface area contributed by atoms with Crippen molar-refractivity contribution in [3.05, 3.63) is 82.8 Å². The third-order valence-electron chi connectivity index (χ3n) is 4.40. The molecule has 0 aliphatic heterocycles. The molecule has 5 heteroatoms. The molecule has 27 heavy (non-hydrogen) atoms. The van der Waals surface area contributed by atoms with Gasteiger partial charge < -0.3 is 4.74 Å². The Morgan fingerprint density at radius 3 is 2.52 bits per heavy atom. The fraction of sp³-hybridized carbons (Fsp3) is 0.182. The van der Waals surface area contributed by atoms with Crippen LogP contribution >= 0.6 is 11.3 Å². The largest absolute Gasteiger partial charge is 0.421 e. The molecule has 0 aliphatic carbocycles. The molecule has 0 fully saturated rings. The van der Waals surface area contributed by atoms with Crippen LogP contribution < -0.4 is 4.74 Å². The number of benzene rings is 1. The monoisotopic (exact) mass is 375 g/mol. The van der Waals surface area contributed by atoms with Gasteiger partial charge in [-0.2, -0.15) is 0 Å². The number of aryl methyl sites for hydroxylation is 3. The second-order valence-electron chi connectivity index (χ2n) is 6.70. The van der Waals surface area contributed by atoms with Gasteiger partial charge in [0.1, 0.15) is 0 Å². The lowest BCUT2D eigenvalue weighted by Crippen LogP contribution is -2.02. The molecular formula is C22H21N3OS. The van der Waals surface area contributed by atoms with Gasteiger partial charge in [-0.05, 0) is 44.5 Å². The van der Waals surface area contributed by atoms with Crippen molar-refractivity contribution in [3.63, 3.8) is 0 Å². The first kappa shape index (κ1) is 17.5. The maximum Gasteiger partial charge on any atom is 0.224 e. The molecule has 0 atom stereocenters. The summed E-state index contributed by atoms with van der Waals surface area (Å²) in [6.45, 7) is 6.93. The first-order chi connectivity index (χ1) is 13.1. The predicted octanol–water partition coefficient (Wildman–Crippen LogP) is 5.77. The maximum atomic E-state index is 6.07. The standard InChI is InChI=1S/C22H21N3OS/c1-15-4-7-18(8-5-15)13-25-14-23-12-21(25)26-22-16(2)10-19(11-24-22)20-9-6-17(3)27-20/h4-12,14H,13H2,1-3H3. The second kappa shape index (κ2) is 7.37. The summed E-state index contributed by atoms with van der Waals surface area (Å²) in [7, 11) is 0. The Bertz CT molecular complexity index is 1060. The average Bonchev–Trinajstić information content (AvgIpc) is 3.28. The highest BCUT2D eigenvalue weighted by Gasteiger charge is 2.11. The van der Waals surface area contributed by atoms with E-state index in [1.54, 1.807) is 23.9 Å². The van der Waals surface area contributed by atoms with E-state index in [1.807, 2.05) is 17.7 Å². The molecule has 0 saturated carbocycles. The molecule has 0 aliphatic rings. The van der Waals surface area contributed by atoms with Crippen molar-refractivity contribution in [3.8, 4) is 22.2 Å². The van der Waals surface area contributed by atoms with Gasteiger partial charge >= 0.3 is 0 Å². The molecule has 3 aromatic heterocycles. The highest BCUT2D eigenvalue weighted by Crippen LogP contribution is 2.31. The summed E-state index contributed by atoms with van der Waals surface area (Å²) in [5.74, 6) is 1.29. The SMILES string of the molecule is Cc1ccc(Cn2cncc2Oc2ncc(-c3ccc(C)s3)cc2C)cc1. The van der Waals surface area contributed by atoms with Crippen LogP contribution in [-0.4, -0.2) is 14.5 Å². The molecule has 0 spiro atoms. The van der Waals surface area contributed by atoms with Crippen molar-refractivity contribution in [2.24, 2.45) is 0 Å². The van der Waals surface area contributed by atoms with Crippen molar-refractivity contribution in [2.45, 2.75) is 27.3 Å². The molecule has 0 bridgehead atoms. The summed E-state index contributed by atoms with van der Waals surface area (Å²) < 4.78 is 8.05. The smallest absolute Gasteiger partial charge is 0.224 e. The zero-order valence-electron chi connectivity index (χ0n) is 15.6. The molecule has 0 amide bonds. The highest BCUT2D eigenvalue weighted by molar-refractivity contribution is 7.15. The van der Waals surface area contributed by atoms with Crippen LogP contribution in [0.1, 0.15) is 21.6 Å². The Balaban J connectivity index is 1.54. The number of hydrogen-bond acceptors (Lipinski definition) is 4. The van der Waals surface area contributed by atoms with E-state index in [0.717, 1.165) is 11.1 Å². The molecular weight excluding hydrogens is 354 g/mol. The molecule has 3 heterocycles. The lowest BCUT2D eigenvalue weighted by atomic mass is 10.1. The predicted molar refractivity (Wildman–Crippen MR) is 110 cm³/mol. The van der Waals surface area contributed by atoms with Crippen molar-refractivity contribution in [2.75, 3.05) is 0 Å². The van der Waals surface area contributed by atoms with Crippen molar-refractivity contribution >= 4 is 11.3 Å². The summed E-state index contributed by atoms with van der Waals surface area (Å²) >= 11 is 1.77. The van der Waals surface area contributed by atoms with Gasteiger partial charge in [0.2, 0.25) is 11.8 Å². The third kappa shape index (κ3) is 3.93. The van der Waals surface area contributed by atoms with Crippen LogP contribution in [0.5, 0.6) is 11.8 Å². The Morgan fingerprint density at radius 1 is 1.00 bits per heavy atom. The third-order valence-corrected chi connectivity index (χ3v) is 5.45. The molecule has 1 aromatic carbocycles. The summed E-state index contributed by atoms with van der Waals surface area (Å²) in [5, 5.41) is 0. The lowest BCUT2D eigenvalue weighted by Gasteiger charge is -2.11. The summed E-state index contributed by atoms with van der Waals surface area (Å²) in [6, 6.07) is 14.9. The van der Waals surface area contributed by atoms with Gasteiger partial charge in [0.25, 0.3) is 0 Å². The van der Waals surface area contributed by atoms with E-state index in [4.69, 9.17) is 4.74 Å². The van der Waals surface area contributed by atoms with Crippen molar-refractivity contribution < 1.29 is 4.74 Å². The quantitative estimate of drug-likeness (QED) is 0.444. The minimum atomic E-state index is 0.609. The first-order valence-corrected chi connectivity index (χ1v) is 9.67. The molecule has 0 N–H and O–H groups in total. The number of thiophene rings is 1. The second-order valence-corrected chi connectivity index (χ2v) is 7.99. The number of imidazole rings is 1. The number of nitrogens with zero attached hydrogens (tertiary/aromatic N) is 3. The molecule has 136 valence electrons. The van der Waals surface area contributed by atoms with E-state index in [9.17, 15) is 0 Å². The first-order valence-electron chi connectivity index (χ1n) is 8.85. The van der Waals surface area contributed by atoms with Gasteiger partial charge in [0.15, 0.2) is 0 Å². The van der Waals surface area contributed by atoms with Crippen LogP contribution in [0.25, 0.3) is 10.4 Å². The van der Waals surface area contributed by atoms with E-state index in [2.05, 4.69) is 66.3 Å². The number of ether oxygens (including phenoxy) is 1. The number of hydrogen-bond donors (Lipinski definition) is 0. The average molecular weight is 375 g/mol. The van der Waals surface area contributed by atoms with Gasteiger partial charge in [-0.25, -0.2) is 9.97 Å². The van der Waals surface area contributed by atoms with Crippen LogP contribution in [0.15, 0.2) is 61.2 Å². The van der Waals surface area contributed by atoms with Gasteiger partial charge in [-0.1, -0.05) is 29.8 Å². The van der Waals surface area contributed by atoms with Crippen LogP contribution in [0, 0.1) is 20.8 Å². The van der Waals surface area contributed by atoms with E-state index in [1.165, 1.54) is 20.9 Å². The maximum absolute atomic E-state index is 6.07. The van der Waals surface area contributed by atoms with Crippen molar-refractivity contribution in [1.29, 1.82) is 0 Å². The zero-order chi connectivity index (χ0) is 18.8. The van der Waals surface area contributed by atoms with Gasteiger partial charge in [-0.3, -0.25) is 4.57 Å². The van der Waals surface area contributed by atoms with E-state index >= 15 is 0 Å². The van der Waals surface area contributed by atoms with E-state index in [-0.39, 0.29) is 0 Å². The number of aromatic nitrogens is 3. The molecule has 0 unspecified atom stereocenters. The summed E-state index contributed by atoms with van der Waals surface area (Å²) in [5.41, 5.74) is 4.57. The number of rotatable bonds is 5. The van der Waals surface area contributed by atoms with E-state index in [0.29, 0.717) is 18.3 Å². The zero-order valence-corrected chi connectivity index (χ0v) is 16.5. The Hall–Kier alpha value is -2.92. The minimum absolute atomic E-state index is 0.609. The molecule has 4 rings (SSSR count). The van der Waals surface area contributed by atoms with Gasteiger partial charge in [0, 0.05) is 27.1 Å². The number of pyridine rings is 1. The topological polar surface area (TPSA) is 39.9 Å². The van der Waals surface area contributed by atoms with E-state index < -0.39 is 0 Å².